The summed E-state index contributed by atoms with van der Waals surface area (Å²) in [6.07, 6.45) is 1.51. The third-order valence-electron chi connectivity index (χ3n) is 5.58. The van der Waals surface area contributed by atoms with Gasteiger partial charge in [-0.15, -0.1) is 0 Å². The van der Waals surface area contributed by atoms with Crippen molar-refractivity contribution in [3.63, 3.8) is 0 Å². The number of aromatic hydroxyl groups is 1. The van der Waals surface area contributed by atoms with Crippen LogP contribution in [0.5, 0.6) is 17.2 Å². The van der Waals surface area contributed by atoms with Crippen LogP contribution < -0.4 is 9.47 Å². The summed E-state index contributed by atoms with van der Waals surface area (Å²) in [6, 6.07) is 14.6. The number of methoxy groups -OCH3 is 2. The molecule has 1 aromatic heterocycles. The van der Waals surface area contributed by atoms with E-state index in [0.29, 0.717) is 25.4 Å². The molecule has 3 aromatic rings. The van der Waals surface area contributed by atoms with Crippen LogP contribution in [-0.2, 0) is 6.54 Å². The number of hydrogen-bond donors (Lipinski definition) is 1. The lowest BCUT2D eigenvalue weighted by Crippen LogP contribution is -2.48. The van der Waals surface area contributed by atoms with Crippen LogP contribution in [0.1, 0.15) is 16.1 Å². The molecule has 2 aromatic carbocycles. The Kier molecular flexibility index (Phi) is 6.13. The molecule has 0 radical (unpaired) electrons. The number of furan rings is 1. The van der Waals surface area contributed by atoms with Crippen LogP contribution in [-0.4, -0.2) is 61.2 Å². The highest BCUT2D eigenvalue weighted by atomic mass is 16.5. The quantitative estimate of drug-likeness (QED) is 0.654. The molecule has 2 heterocycles. The number of phenolic OH excluding ortho intramolecular Hbond substituents is 1. The zero-order valence-corrected chi connectivity index (χ0v) is 17.7. The molecule has 7 heteroatoms. The van der Waals surface area contributed by atoms with Crippen LogP contribution in [0.3, 0.4) is 0 Å². The van der Waals surface area contributed by atoms with Crippen molar-refractivity contribution in [3.8, 4) is 28.4 Å². The highest BCUT2D eigenvalue weighted by molar-refractivity contribution is 5.91. The topological polar surface area (TPSA) is 75.4 Å². The molecule has 1 N–H and O–H groups in total. The molecule has 0 bridgehead atoms. The van der Waals surface area contributed by atoms with Gasteiger partial charge < -0.3 is 23.9 Å². The van der Waals surface area contributed by atoms with Gasteiger partial charge in [-0.3, -0.25) is 9.69 Å². The number of amides is 1. The van der Waals surface area contributed by atoms with Gasteiger partial charge in [0.05, 0.1) is 20.5 Å². The van der Waals surface area contributed by atoms with Gasteiger partial charge in [-0.1, -0.05) is 6.07 Å². The Morgan fingerprint density at radius 2 is 1.84 bits per heavy atom. The zero-order valence-electron chi connectivity index (χ0n) is 17.7. The number of phenols is 1. The van der Waals surface area contributed by atoms with E-state index in [9.17, 15) is 9.90 Å². The van der Waals surface area contributed by atoms with Gasteiger partial charge in [0.2, 0.25) is 0 Å². The maximum absolute atomic E-state index is 12.4. The molecule has 0 spiro atoms. The van der Waals surface area contributed by atoms with E-state index in [-0.39, 0.29) is 11.7 Å². The average molecular weight is 422 g/mol. The van der Waals surface area contributed by atoms with Crippen molar-refractivity contribution in [3.05, 3.63) is 66.1 Å². The zero-order chi connectivity index (χ0) is 21.8. The second-order valence-electron chi connectivity index (χ2n) is 7.46. The van der Waals surface area contributed by atoms with Gasteiger partial charge in [-0.25, -0.2) is 0 Å². The molecule has 31 heavy (non-hydrogen) atoms. The molecule has 162 valence electrons. The first-order valence-electron chi connectivity index (χ1n) is 10.2. The second kappa shape index (κ2) is 9.14. The summed E-state index contributed by atoms with van der Waals surface area (Å²) in [5.41, 5.74) is 2.67. The van der Waals surface area contributed by atoms with Crippen molar-refractivity contribution in [2.45, 2.75) is 6.54 Å². The minimum absolute atomic E-state index is 0.0837. The summed E-state index contributed by atoms with van der Waals surface area (Å²) in [5.74, 6) is 2.01. The van der Waals surface area contributed by atoms with Gasteiger partial charge in [-0.05, 0) is 48.0 Å². The van der Waals surface area contributed by atoms with Crippen molar-refractivity contribution in [1.82, 2.24) is 9.80 Å². The monoisotopic (exact) mass is 422 g/mol. The van der Waals surface area contributed by atoms with Gasteiger partial charge in [0.25, 0.3) is 5.91 Å². The Hall–Kier alpha value is -3.45. The summed E-state index contributed by atoms with van der Waals surface area (Å²) in [6.45, 7) is 3.26. The predicted molar refractivity (Wildman–Crippen MR) is 117 cm³/mol. The van der Waals surface area contributed by atoms with E-state index in [1.807, 2.05) is 30.3 Å². The number of nitrogens with zero attached hydrogens (tertiary/aromatic N) is 2. The molecule has 1 aliphatic heterocycles. The number of ether oxygens (including phenoxy) is 2. The first-order valence-corrected chi connectivity index (χ1v) is 10.2. The van der Waals surface area contributed by atoms with Crippen molar-refractivity contribution >= 4 is 5.91 Å². The van der Waals surface area contributed by atoms with Crippen molar-refractivity contribution in [1.29, 1.82) is 0 Å². The SMILES string of the molecule is COc1ccc(OC)c(-c2ccc(O)c(CN3CCN(C(=O)c4ccco4)CC3)c2)c1. The minimum Gasteiger partial charge on any atom is -0.508 e. The fraction of sp³-hybridized carbons (Fsp3) is 0.292. The van der Waals surface area contributed by atoms with Crippen LogP contribution in [0.4, 0.5) is 0 Å². The van der Waals surface area contributed by atoms with Gasteiger partial charge in [-0.2, -0.15) is 0 Å². The van der Waals surface area contributed by atoms with Crippen LogP contribution >= 0.6 is 0 Å². The fourth-order valence-electron chi connectivity index (χ4n) is 3.83. The summed E-state index contributed by atoms with van der Waals surface area (Å²) < 4.78 is 16.1. The standard InChI is InChI=1S/C24H26N2O5/c1-29-19-6-8-22(30-2)20(15-19)17-5-7-21(27)18(14-17)16-25-9-11-26(12-10-25)24(28)23-4-3-13-31-23/h3-8,13-15,27H,9-12,16H2,1-2H3. The highest BCUT2D eigenvalue weighted by Gasteiger charge is 2.24. The number of carbonyl (C=O) groups excluding carboxylic acids is 1. The first kappa shape index (κ1) is 20.8. The summed E-state index contributed by atoms with van der Waals surface area (Å²) in [5, 5.41) is 10.4. The fourth-order valence-corrected chi connectivity index (χ4v) is 3.83. The Balaban J connectivity index is 1.47. The van der Waals surface area contributed by atoms with E-state index >= 15 is 0 Å². The van der Waals surface area contributed by atoms with Crippen LogP contribution in [0, 0.1) is 0 Å². The van der Waals surface area contributed by atoms with E-state index in [1.54, 1.807) is 37.3 Å². The lowest BCUT2D eigenvalue weighted by Gasteiger charge is -2.34. The number of rotatable bonds is 6. The van der Waals surface area contributed by atoms with Crippen LogP contribution in [0.25, 0.3) is 11.1 Å². The Labute approximate surface area is 181 Å². The number of benzene rings is 2. The molecule has 1 amide bonds. The summed E-state index contributed by atoms with van der Waals surface area (Å²) >= 11 is 0. The molecule has 4 rings (SSSR count). The summed E-state index contributed by atoms with van der Waals surface area (Å²) in [4.78, 5) is 16.5. The lowest BCUT2D eigenvalue weighted by atomic mass is 10.0. The van der Waals surface area contributed by atoms with Crippen molar-refractivity contribution < 1.29 is 23.8 Å². The summed E-state index contributed by atoms with van der Waals surface area (Å²) in [7, 11) is 3.26. The third-order valence-corrected chi connectivity index (χ3v) is 5.58. The van der Waals surface area contributed by atoms with E-state index in [1.165, 1.54) is 6.26 Å². The number of hydrogen-bond acceptors (Lipinski definition) is 6. The van der Waals surface area contributed by atoms with Crippen LogP contribution in [0.15, 0.2) is 59.2 Å². The molecule has 0 atom stereocenters. The second-order valence-corrected chi connectivity index (χ2v) is 7.46. The molecule has 1 fully saturated rings. The molecular formula is C24H26N2O5. The largest absolute Gasteiger partial charge is 0.508 e. The molecule has 0 aliphatic carbocycles. The molecule has 0 unspecified atom stereocenters. The van der Waals surface area contributed by atoms with E-state index in [2.05, 4.69) is 4.90 Å². The number of piperazine rings is 1. The molecule has 0 saturated carbocycles. The van der Waals surface area contributed by atoms with E-state index in [4.69, 9.17) is 13.9 Å². The minimum atomic E-state index is -0.0837. The Bertz CT molecular complexity index is 1040. The normalized spacial score (nSPS) is 14.5. The number of carbonyl (C=O) groups is 1. The average Bonchev–Trinajstić information content (AvgIpc) is 3.35. The molecular weight excluding hydrogens is 396 g/mol. The maximum Gasteiger partial charge on any atom is 0.289 e. The van der Waals surface area contributed by atoms with Gasteiger partial charge >= 0.3 is 0 Å². The predicted octanol–water partition coefficient (Wildman–Crippen LogP) is 3.63. The van der Waals surface area contributed by atoms with E-state index in [0.717, 1.165) is 41.3 Å². The van der Waals surface area contributed by atoms with Crippen molar-refractivity contribution in [2.75, 3.05) is 40.4 Å². The highest BCUT2D eigenvalue weighted by Crippen LogP contribution is 2.35. The lowest BCUT2D eigenvalue weighted by molar-refractivity contribution is 0.0597. The molecule has 7 nitrogen and oxygen atoms in total. The third kappa shape index (κ3) is 4.51. The van der Waals surface area contributed by atoms with Gasteiger partial charge in [0.1, 0.15) is 17.2 Å². The molecule has 1 saturated heterocycles. The van der Waals surface area contributed by atoms with Gasteiger partial charge in [0.15, 0.2) is 5.76 Å². The Morgan fingerprint density at radius 1 is 1.03 bits per heavy atom. The van der Waals surface area contributed by atoms with Crippen molar-refractivity contribution in [2.24, 2.45) is 0 Å². The van der Waals surface area contributed by atoms with Crippen LogP contribution in [0.2, 0.25) is 0 Å². The smallest absolute Gasteiger partial charge is 0.289 e. The Morgan fingerprint density at radius 3 is 2.52 bits per heavy atom. The molecule has 1 aliphatic rings. The maximum atomic E-state index is 12.4. The first-order chi connectivity index (χ1) is 15.1. The van der Waals surface area contributed by atoms with Gasteiger partial charge in [0, 0.05) is 43.9 Å². The van der Waals surface area contributed by atoms with E-state index < -0.39 is 0 Å².